The molecule has 2 aliphatic heterocycles. The first kappa shape index (κ1) is 10.8. The van der Waals surface area contributed by atoms with Gasteiger partial charge in [-0.3, -0.25) is 4.79 Å². The molecule has 90 valence electrons. The minimum atomic E-state index is 0.0775. The van der Waals surface area contributed by atoms with Gasteiger partial charge in [0.2, 0.25) is 5.91 Å². The van der Waals surface area contributed by atoms with E-state index in [1.807, 2.05) is 18.2 Å². The van der Waals surface area contributed by atoms with Crippen molar-refractivity contribution in [1.29, 1.82) is 0 Å². The van der Waals surface area contributed by atoms with Crippen LogP contribution in [0.1, 0.15) is 18.9 Å². The number of benzene rings is 1. The van der Waals surface area contributed by atoms with E-state index in [1.165, 1.54) is 5.56 Å². The van der Waals surface area contributed by atoms with E-state index in [9.17, 15) is 4.79 Å². The summed E-state index contributed by atoms with van der Waals surface area (Å²) in [6.45, 7) is 3.90. The lowest BCUT2D eigenvalue weighted by molar-refractivity contribution is -0.132. The number of rotatable bonds is 3. The van der Waals surface area contributed by atoms with E-state index in [1.54, 1.807) is 0 Å². The predicted molar refractivity (Wildman–Crippen MR) is 66.4 cm³/mol. The standard InChI is InChI=1S/C14H18N2O/c1-2-11-12-8-15-13(11)14(17)16(12)9-10-6-4-3-5-7-10/h3-7,11-13,15H,2,8-9H2,1H3. The van der Waals surface area contributed by atoms with Crippen molar-refractivity contribution in [3.8, 4) is 0 Å². The number of hydrogen-bond acceptors (Lipinski definition) is 2. The number of carbonyl (C=O) groups excluding carboxylic acids is 1. The fourth-order valence-electron chi connectivity index (χ4n) is 3.21. The fourth-order valence-corrected chi connectivity index (χ4v) is 3.21. The first-order valence-corrected chi connectivity index (χ1v) is 6.39. The van der Waals surface area contributed by atoms with Crippen molar-refractivity contribution in [2.24, 2.45) is 5.92 Å². The second-order valence-corrected chi connectivity index (χ2v) is 4.98. The van der Waals surface area contributed by atoms with E-state index in [4.69, 9.17) is 0 Å². The van der Waals surface area contributed by atoms with Gasteiger partial charge >= 0.3 is 0 Å². The average molecular weight is 230 g/mol. The third kappa shape index (κ3) is 1.65. The summed E-state index contributed by atoms with van der Waals surface area (Å²) in [5.74, 6) is 0.795. The fraction of sp³-hybridized carbons (Fsp3) is 0.500. The third-order valence-corrected chi connectivity index (χ3v) is 4.09. The van der Waals surface area contributed by atoms with Gasteiger partial charge in [0.15, 0.2) is 0 Å². The Morgan fingerprint density at radius 2 is 2.12 bits per heavy atom. The van der Waals surface area contributed by atoms with Crippen LogP contribution in [-0.4, -0.2) is 29.4 Å². The lowest BCUT2D eigenvalue weighted by Gasteiger charge is -2.28. The summed E-state index contributed by atoms with van der Waals surface area (Å²) >= 11 is 0. The number of carbonyl (C=O) groups is 1. The molecule has 2 heterocycles. The van der Waals surface area contributed by atoms with Crippen LogP contribution < -0.4 is 5.32 Å². The molecule has 0 saturated carbocycles. The number of amides is 1. The molecule has 1 aromatic rings. The molecule has 17 heavy (non-hydrogen) atoms. The molecule has 0 aliphatic carbocycles. The Hall–Kier alpha value is -1.35. The molecular formula is C14H18N2O. The number of hydrogen-bond donors (Lipinski definition) is 1. The largest absolute Gasteiger partial charge is 0.332 e. The van der Waals surface area contributed by atoms with Gasteiger partial charge in [-0.05, 0) is 12.0 Å². The molecule has 3 rings (SSSR count). The van der Waals surface area contributed by atoms with Gasteiger partial charge in [0.25, 0.3) is 0 Å². The van der Waals surface area contributed by atoms with Gasteiger partial charge in [0, 0.05) is 25.0 Å². The van der Waals surface area contributed by atoms with Crippen molar-refractivity contribution in [2.45, 2.75) is 32.0 Å². The molecule has 1 aromatic carbocycles. The maximum atomic E-state index is 12.2. The summed E-state index contributed by atoms with van der Waals surface area (Å²) in [7, 11) is 0. The summed E-state index contributed by atoms with van der Waals surface area (Å²) in [6.07, 6.45) is 1.08. The van der Waals surface area contributed by atoms with Crippen LogP contribution in [0.15, 0.2) is 30.3 Å². The van der Waals surface area contributed by atoms with Crippen LogP contribution in [0.3, 0.4) is 0 Å². The highest BCUT2D eigenvalue weighted by molar-refractivity contribution is 5.86. The quantitative estimate of drug-likeness (QED) is 0.851. The van der Waals surface area contributed by atoms with Gasteiger partial charge in [-0.1, -0.05) is 37.3 Å². The number of fused-ring (bicyclic) bond motifs is 2. The zero-order valence-corrected chi connectivity index (χ0v) is 10.1. The molecule has 0 aromatic heterocycles. The second-order valence-electron chi connectivity index (χ2n) is 4.98. The highest BCUT2D eigenvalue weighted by atomic mass is 16.2. The number of nitrogens with zero attached hydrogens (tertiary/aromatic N) is 1. The third-order valence-electron chi connectivity index (χ3n) is 4.09. The van der Waals surface area contributed by atoms with Crippen LogP contribution in [0.2, 0.25) is 0 Å². The molecular weight excluding hydrogens is 212 g/mol. The van der Waals surface area contributed by atoms with E-state index >= 15 is 0 Å². The summed E-state index contributed by atoms with van der Waals surface area (Å²) in [6, 6.07) is 10.7. The minimum absolute atomic E-state index is 0.0775. The molecule has 3 nitrogen and oxygen atoms in total. The SMILES string of the molecule is CCC1C2NCC1N(Cc1ccccc1)C2=O. The zero-order valence-electron chi connectivity index (χ0n) is 10.1. The highest BCUT2D eigenvalue weighted by Gasteiger charge is 2.51. The highest BCUT2D eigenvalue weighted by Crippen LogP contribution is 2.34. The summed E-state index contributed by atoms with van der Waals surface area (Å²) in [5.41, 5.74) is 1.23. The van der Waals surface area contributed by atoms with E-state index < -0.39 is 0 Å². The minimum Gasteiger partial charge on any atom is -0.332 e. The van der Waals surface area contributed by atoms with Gasteiger partial charge < -0.3 is 10.2 Å². The van der Waals surface area contributed by atoms with Crippen molar-refractivity contribution in [3.05, 3.63) is 35.9 Å². The molecule has 0 radical (unpaired) electrons. The van der Waals surface area contributed by atoms with E-state index in [0.29, 0.717) is 12.0 Å². The van der Waals surface area contributed by atoms with Crippen LogP contribution in [0.4, 0.5) is 0 Å². The Labute approximate surface area is 102 Å². The Morgan fingerprint density at radius 1 is 1.35 bits per heavy atom. The summed E-state index contributed by atoms with van der Waals surface area (Å²) < 4.78 is 0. The molecule has 2 fully saturated rings. The lowest BCUT2D eigenvalue weighted by Crippen LogP contribution is -2.47. The number of nitrogens with one attached hydrogen (secondary N) is 1. The van der Waals surface area contributed by atoms with Crippen LogP contribution in [0, 0.1) is 5.92 Å². The Kier molecular flexibility index (Phi) is 2.63. The van der Waals surface area contributed by atoms with Crippen LogP contribution >= 0.6 is 0 Å². The van der Waals surface area contributed by atoms with Gasteiger partial charge in [-0.2, -0.15) is 0 Å². The number of likely N-dealkylation sites (tertiary alicyclic amines) is 1. The molecule has 3 unspecified atom stereocenters. The monoisotopic (exact) mass is 230 g/mol. The van der Waals surface area contributed by atoms with Gasteiger partial charge in [-0.15, -0.1) is 0 Å². The molecule has 1 N–H and O–H groups in total. The van der Waals surface area contributed by atoms with Gasteiger partial charge in [0.05, 0.1) is 6.04 Å². The smallest absolute Gasteiger partial charge is 0.240 e. The van der Waals surface area contributed by atoms with Gasteiger partial charge in [0.1, 0.15) is 0 Å². The topological polar surface area (TPSA) is 32.3 Å². The lowest BCUT2D eigenvalue weighted by atomic mass is 9.98. The predicted octanol–water partition coefficient (Wildman–Crippen LogP) is 1.40. The second kappa shape index (κ2) is 4.15. The molecule has 1 amide bonds. The van der Waals surface area contributed by atoms with E-state index in [0.717, 1.165) is 19.5 Å². The first-order valence-electron chi connectivity index (χ1n) is 6.39. The Morgan fingerprint density at radius 3 is 2.76 bits per heavy atom. The number of piperazine rings is 1. The molecule has 0 spiro atoms. The van der Waals surface area contributed by atoms with Crippen molar-refractivity contribution in [3.63, 3.8) is 0 Å². The summed E-state index contributed by atoms with van der Waals surface area (Å²) in [4.78, 5) is 14.3. The molecule has 2 aliphatic rings. The van der Waals surface area contributed by atoms with Crippen molar-refractivity contribution in [1.82, 2.24) is 10.2 Å². The van der Waals surface area contributed by atoms with Crippen molar-refractivity contribution >= 4 is 5.91 Å². The average Bonchev–Trinajstić information content (AvgIpc) is 2.88. The molecule has 3 heteroatoms. The van der Waals surface area contributed by atoms with Crippen molar-refractivity contribution in [2.75, 3.05) is 6.54 Å². The van der Waals surface area contributed by atoms with Crippen LogP contribution in [0.5, 0.6) is 0 Å². The Bertz CT molecular complexity index is 417. The van der Waals surface area contributed by atoms with Crippen LogP contribution in [0.25, 0.3) is 0 Å². The van der Waals surface area contributed by atoms with E-state index in [-0.39, 0.29) is 11.9 Å². The van der Waals surface area contributed by atoms with Gasteiger partial charge in [-0.25, -0.2) is 0 Å². The molecule has 2 bridgehead atoms. The summed E-state index contributed by atoms with van der Waals surface area (Å²) in [5, 5.41) is 3.33. The zero-order chi connectivity index (χ0) is 11.8. The normalized spacial score (nSPS) is 31.2. The molecule has 2 saturated heterocycles. The maximum Gasteiger partial charge on any atom is 0.240 e. The molecule has 3 atom stereocenters. The van der Waals surface area contributed by atoms with Crippen LogP contribution in [-0.2, 0) is 11.3 Å². The first-order chi connectivity index (χ1) is 8.31. The Balaban J connectivity index is 1.79. The van der Waals surface area contributed by atoms with E-state index in [2.05, 4.69) is 29.3 Å². The van der Waals surface area contributed by atoms with Crippen molar-refractivity contribution < 1.29 is 4.79 Å². The maximum absolute atomic E-state index is 12.2.